The zero-order valence-corrected chi connectivity index (χ0v) is 9.48. The van der Waals surface area contributed by atoms with Crippen molar-refractivity contribution in [2.24, 2.45) is 5.73 Å². The van der Waals surface area contributed by atoms with Crippen molar-refractivity contribution in [3.05, 3.63) is 35.4 Å². The quantitative estimate of drug-likeness (QED) is 0.666. The van der Waals surface area contributed by atoms with Gasteiger partial charge >= 0.3 is 5.97 Å². The number of rotatable bonds is 6. The Labute approximate surface area is 99.6 Å². The van der Waals surface area contributed by atoms with Gasteiger partial charge in [-0.05, 0) is 24.1 Å². The molecule has 0 unspecified atom stereocenters. The first-order valence-electron chi connectivity index (χ1n) is 5.42. The first kappa shape index (κ1) is 13.2. The Morgan fingerprint density at radius 3 is 2.76 bits per heavy atom. The minimum Gasteiger partial charge on any atom is -0.478 e. The molecule has 1 aromatic carbocycles. The summed E-state index contributed by atoms with van der Waals surface area (Å²) in [5.41, 5.74) is 6.39. The van der Waals surface area contributed by atoms with E-state index in [1.807, 2.05) is 6.07 Å². The molecular formula is C12H16N2O3. The lowest BCUT2D eigenvalue weighted by Gasteiger charge is -2.05. The van der Waals surface area contributed by atoms with E-state index in [2.05, 4.69) is 5.32 Å². The van der Waals surface area contributed by atoms with E-state index in [0.717, 1.165) is 5.56 Å². The van der Waals surface area contributed by atoms with Crippen LogP contribution in [0.25, 0.3) is 0 Å². The minimum atomic E-state index is -0.945. The van der Waals surface area contributed by atoms with E-state index in [0.29, 0.717) is 25.9 Å². The molecule has 0 aliphatic rings. The number of aromatic carboxylic acids is 1. The molecule has 0 saturated carbocycles. The number of nitrogens with two attached hydrogens (primary N) is 1. The van der Waals surface area contributed by atoms with Crippen molar-refractivity contribution in [2.45, 2.75) is 12.8 Å². The van der Waals surface area contributed by atoms with Gasteiger partial charge in [-0.2, -0.15) is 0 Å². The lowest BCUT2D eigenvalue weighted by atomic mass is 10.1. The van der Waals surface area contributed by atoms with E-state index in [1.165, 1.54) is 0 Å². The number of carbonyl (C=O) groups is 2. The molecule has 0 spiro atoms. The molecule has 17 heavy (non-hydrogen) atoms. The van der Waals surface area contributed by atoms with Crippen LogP contribution in [0.1, 0.15) is 22.3 Å². The smallest absolute Gasteiger partial charge is 0.335 e. The standard InChI is InChI=1S/C12H16N2O3/c13-6-4-11(15)14-7-5-9-2-1-3-10(8-9)12(16)17/h1-3,8H,4-7,13H2,(H,14,15)(H,16,17). The van der Waals surface area contributed by atoms with Crippen LogP contribution in [-0.2, 0) is 11.2 Å². The highest BCUT2D eigenvalue weighted by molar-refractivity contribution is 5.87. The third kappa shape index (κ3) is 4.65. The van der Waals surface area contributed by atoms with Crippen LogP contribution in [0.5, 0.6) is 0 Å². The molecule has 1 amide bonds. The zero-order valence-electron chi connectivity index (χ0n) is 9.48. The summed E-state index contributed by atoms with van der Waals surface area (Å²) in [6.45, 7) is 0.822. The summed E-state index contributed by atoms with van der Waals surface area (Å²) in [7, 11) is 0. The Balaban J connectivity index is 2.44. The molecule has 0 aliphatic carbocycles. The van der Waals surface area contributed by atoms with Gasteiger partial charge in [0.2, 0.25) is 5.91 Å². The van der Waals surface area contributed by atoms with Crippen LogP contribution in [0.15, 0.2) is 24.3 Å². The van der Waals surface area contributed by atoms with Gasteiger partial charge in [0.15, 0.2) is 0 Å². The SMILES string of the molecule is NCCC(=O)NCCc1cccc(C(=O)O)c1. The van der Waals surface area contributed by atoms with Gasteiger partial charge in [0.05, 0.1) is 5.56 Å². The number of nitrogens with one attached hydrogen (secondary N) is 1. The van der Waals surface area contributed by atoms with Gasteiger partial charge in [0.1, 0.15) is 0 Å². The van der Waals surface area contributed by atoms with Crippen molar-refractivity contribution in [2.75, 3.05) is 13.1 Å². The van der Waals surface area contributed by atoms with Crippen molar-refractivity contribution in [3.8, 4) is 0 Å². The molecule has 0 heterocycles. The second-order valence-corrected chi connectivity index (χ2v) is 3.64. The highest BCUT2D eigenvalue weighted by atomic mass is 16.4. The Morgan fingerprint density at radius 1 is 1.35 bits per heavy atom. The van der Waals surface area contributed by atoms with Crippen LogP contribution in [0.4, 0.5) is 0 Å². The van der Waals surface area contributed by atoms with Gasteiger partial charge in [-0.1, -0.05) is 12.1 Å². The van der Waals surface area contributed by atoms with E-state index >= 15 is 0 Å². The highest BCUT2D eigenvalue weighted by Crippen LogP contribution is 2.05. The first-order valence-corrected chi connectivity index (χ1v) is 5.42. The summed E-state index contributed by atoms with van der Waals surface area (Å²) in [5.74, 6) is -1.03. The molecule has 0 aliphatic heterocycles. The number of carboxylic acid groups (broad SMARTS) is 1. The monoisotopic (exact) mass is 236 g/mol. The molecule has 0 radical (unpaired) electrons. The lowest BCUT2D eigenvalue weighted by molar-refractivity contribution is -0.120. The summed E-state index contributed by atoms with van der Waals surface area (Å²) < 4.78 is 0. The summed E-state index contributed by atoms with van der Waals surface area (Å²) >= 11 is 0. The summed E-state index contributed by atoms with van der Waals surface area (Å²) in [6.07, 6.45) is 0.923. The largest absolute Gasteiger partial charge is 0.478 e. The zero-order chi connectivity index (χ0) is 12.7. The van der Waals surface area contributed by atoms with Gasteiger partial charge in [-0.25, -0.2) is 4.79 Å². The van der Waals surface area contributed by atoms with Crippen LogP contribution in [0.2, 0.25) is 0 Å². The van der Waals surface area contributed by atoms with E-state index < -0.39 is 5.97 Å². The average molecular weight is 236 g/mol. The molecule has 1 aromatic rings. The second kappa shape index (κ2) is 6.65. The van der Waals surface area contributed by atoms with E-state index in [-0.39, 0.29) is 11.5 Å². The van der Waals surface area contributed by atoms with Crippen molar-refractivity contribution < 1.29 is 14.7 Å². The van der Waals surface area contributed by atoms with Crippen molar-refractivity contribution >= 4 is 11.9 Å². The van der Waals surface area contributed by atoms with Gasteiger partial charge in [0, 0.05) is 19.5 Å². The van der Waals surface area contributed by atoms with Crippen LogP contribution in [0, 0.1) is 0 Å². The number of benzene rings is 1. The van der Waals surface area contributed by atoms with Gasteiger partial charge < -0.3 is 16.2 Å². The molecule has 0 bridgehead atoms. The molecule has 0 saturated heterocycles. The van der Waals surface area contributed by atoms with E-state index in [4.69, 9.17) is 10.8 Å². The molecule has 0 atom stereocenters. The molecule has 1 rings (SSSR count). The predicted octanol–water partition coefficient (Wildman–Crippen LogP) is 0.392. The number of hydrogen-bond acceptors (Lipinski definition) is 3. The number of carbonyl (C=O) groups excluding carboxylic acids is 1. The van der Waals surface area contributed by atoms with Crippen LogP contribution in [-0.4, -0.2) is 30.1 Å². The normalized spacial score (nSPS) is 9.94. The molecule has 0 fully saturated rings. The number of amides is 1. The summed E-state index contributed by atoms with van der Waals surface area (Å²) in [6, 6.07) is 6.68. The van der Waals surface area contributed by atoms with Crippen molar-refractivity contribution in [1.82, 2.24) is 5.32 Å². The number of hydrogen-bond donors (Lipinski definition) is 3. The maximum atomic E-state index is 11.1. The Hall–Kier alpha value is -1.88. The van der Waals surface area contributed by atoms with Crippen LogP contribution in [0.3, 0.4) is 0 Å². The maximum absolute atomic E-state index is 11.1. The van der Waals surface area contributed by atoms with Gasteiger partial charge in [-0.3, -0.25) is 4.79 Å². The predicted molar refractivity (Wildman–Crippen MR) is 63.8 cm³/mol. The van der Waals surface area contributed by atoms with Crippen molar-refractivity contribution in [3.63, 3.8) is 0 Å². The lowest BCUT2D eigenvalue weighted by Crippen LogP contribution is -2.27. The third-order valence-corrected chi connectivity index (χ3v) is 2.28. The molecule has 5 heteroatoms. The van der Waals surface area contributed by atoms with Gasteiger partial charge in [0.25, 0.3) is 0 Å². The Bertz CT molecular complexity index is 404. The topological polar surface area (TPSA) is 92.4 Å². The fourth-order valence-corrected chi connectivity index (χ4v) is 1.43. The van der Waals surface area contributed by atoms with Crippen LogP contribution >= 0.6 is 0 Å². The fraction of sp³-hybridized carbons (Fsp3) is 0.333. The fourth-order valence-electron chi connectivity index (χ4n) is 1.43. The molecule has 0 aromatic heterocycles. The molecule has 4 N–H and O–H groups in total. The van der Waals surface area contributed by atoms with E-state index in [9.17, 15) is 9.59 Å². The first-order chi connectivity index (χ1) is 8.13. The minimum absolute atomic E-state index is 0.0816. The average Bonchev–Trinajstić information content (AvgIpc) is 2.30. The second-order valence-electron chi connectivity index (χ2n) is 3.64. The third-order valence-electron chi connectivity index (χ3n) is 2.28. The van der Waals surface area contributed by atoms with Crippen LogP contribution < -0.4 is 11.1 Å². The molecule has 5 nitrogen and oxygen atoms in total. The number of carboxylic acids is 1. The van der Waals surface area contributed by atoms with E-state index in [1.54, 1.807) is 18.2 Å². The molecule has 92 valence electrons. The van der Waals surface area contributed by atoms with Crippen molar-refractivity contribution in [1.29, 1.82) is 0 Å². The molecular weight excluding hydrogens is 220 g/mol. The Kier molecular flexibility index (Phi) is 5.16. The summed E-state index contributed by atoms with van der Waals surface area (Å²) in [5, 5.41) is 11.5. The van der Waals surface area contributed by atoms with Gasteiger partial charge in [-0.15, -0.1) is 0 Å². The maximum Gasteiger partial charge on any atom is 0.335 e. The summed E-state index contributed by atoms with van der Waals surface area (Å²) in [4.78, 5) is 21.9. The Morgan fingerprint density at radius 2 is 2.12 bits per heavy atom. The highest BCUT2D eigenvalue weighted by Gasteiger charge is 2.03.